The molecule has 3 N–H and O–H groups in total. The van der Waals surface area contributed by atoms with E-state index in [-0.39, 0.29) is 57.6 Å². The molecule has 8 heteroatoms. The zero-order valence-electron chi connectivity index (χ0n) is 29.2. The molecule has 1 aliphatic heterocycles. The van der Waals surface area contributed by atoms with Gasteiger partial charge in [-0.15, -0.1) is 0 Å². The van der Waals surface area contributed by atoms with Gasteiger partial charge in [0.05, 0.1) is 18.8 Å². The Morgan fingerprint density at radius 3 is 2.38 bits per heavy atom. The third-order valence-electron chi connectivity index (χ3n) is 15.4. The summed E-state index contributed by atoms with van der Waals surface area (Å²) in [6.45, 7) is 14.7. The molecule has 8 nitrogen and oxygen atoms in total. The predicted molar refractivity (Wildman–Crippen MR) is 170 cm³/mol. The van der Waals surface area contributed by atoms with Crippen molar-refractivity contribution in [1.82, 2.24) is 0 Å². The first-order valence-electron chi connectivity index (χ1n) is 17.6. The van der Waals surface area contributed by atoms with Crippen LogP contribution in [0.2, 0.25) is 0 Å². The summed E-state index contributed by atoms with van der Waals surface area (Å²) in [5.41, 5.74) is -0.260. The number of hydrogen-bond donors (Lipinski definition) is 3. The first kappa shape index (κ1) is 33.9. The number of esters is 1. The highest BCUT2D eigenvalue weighted by molar-refractivity contribution is 5.82. The van der Waals surface area contributed by atoms with Crippen LogP contribution in [0.3, 0.4) is 0 Å². The molecule has 0 radical (unpaired) electrons. The molecular weight excluding hydrogens is 572 g/mol. The number of fused-ring (bicyclic) bond motifs is 3. The van der Waals surface area contributed by atoms with E-state index in [0.29, 0.717) is 18.3 Å². The molecule has 45 heavy (non-hydrogen) atoms. The lowest BCUT2D eigenvalue weighted by atomic mass is 9.37. The van der Waals surface area contributed by atoms with Crippen LogP contribution in [0.25, 0.3) is 0 Å². The van der Waals surface area contributed by atoms with Crippen molar-refractivity contribution in [2.45, 2.75) is 143 Å². The summed E-state index contributed by atoms with van der Waals surface area (Å²) in [4.78, 5) is 12.7. The van der Waals surface area contributed by atoms with Gasteiger partial charge in [-0.3, -0.25) is 0 Å². The molecule has 6 aliphatic rings. The molecule has 2 unspecified atom stereocenters. The van der Waals surface area contributed by atoms with Gasteiger partial charge in [0.1, 0.15) is 17.8 Å². The summed E-state index contributed by atoms with van der Waals surface area (Å²) < 4.78 is 23.9. The molecule has 6 fully saturated rings. The molecule has 14 atom stereocenters. The molecule has 0 amide bonds. The summed E-state index contributed by atoms with van der Waals surface area (Å²) >= 11 is 0. The van der Waals surface area contributed by atoms with Crippen molar-refractivity contribution in [2.75, 3.05) is 20.8 Å². The van der Waals surface area contributed by atoms with Gasteiger partial charge in [-0.2, -0.15) is 0 Å². The van der Waals surface area contributed by atoms with Gasteiger partial charge in [0.2, 0.25) is 0 Å². The fraction of sp³-hybridized carbons (Fsp3) is 0.919. The maximum atomic E-state index is 12.7. The maximum Gasteiger partial charge on any atom is 0.330 e. The number of carbonyl (C=O) groups is 1. The van der Waals surface area contributed by atoms with E-state index in [1.165, 1.54) is 7.11 Å². The standard InChI is InChI=1S/C37H60O8/c1-21(2)16-29(40)45-28-12-13-33(5)25-11-14-36-19-37(36,35(25,7)27(39)18-26(33)32(28,3)4)15-10-23(36)22-17-24(44-31(22)42-8)30(41)34(6,20-38)43-9/h16,22-28,30-31,38-39,41H,10-15,17-20H2,1-9H3/t22-,23-,24+,25+,26-,27+,28+,30?,31+,33+,34?,35-,36+,37+/m0/s1. The smallest absolute Gasteiger partial charge is 0.330 e. The van der Waals surface area contributed by atoms with Gasteiger partial charge in [-0.1, -0.05) is 33.3 Å². The average Bonchev–Trinajstić information content (AvgIpc) is 3.31. The van der Waals surface area contributed by atoms with Crippen molar-refractivity contribution in [1.29, 1.82) is 0 Å². The molecule has 256 valence electrons. The fourth-order valence-electron chi connectivity index (χ4n) is 13.0. The van der Waals surface area contributed by atoms with E-state index in [1.807, 2.05) is 13.8 Å². The molecule has 0 bridgehead atoms. The Labute approximate surface area is 270 Å². The van der Waals surface area contributed by atoms with E-state index in [0.717, 1.165) is 56.9 Å². The van der Waals surface area contributed by atoms with Crippen molar-refractivity contribution in [3.63, 3.8) is 0 Å². The number of carbonyl (C=O) groups excluding carboxylic acids is 1. The lowest BCUT2D eigenvalue weighted by molar-refractivity contribution is -0.245. The van der Waals surface area contributed by atoms with Gasteiger partial charge in [0.25, 0.3) is 0 Å². The van der Waals surface area contributed by atoms with Crippen LogP contribution in [-0.2, 0) is 23.7 Å². The van der Waals surface area contributed by atoms with Crippen LogP contribution in [-0.4, -0.2) is 78.4 Å². The third-order valence-corrected chi connectivity index (χ3v) is 15.4. The van der Waals surface area contributed by atoms with Gasteiger partial charge in [-0.05, 0) is 113 Å². The second-order valence-electron chi connectivity index (χ2n) is 17.5. The Bertz CT molecular complexity index is 1190. The molecule has 5 saturated carbocycles. The molecule has 1 saturated heterocycles. The van der Waals surface area contributed by atoms with Crippen molar-refractivity contribution in [3.05, 3.63) is 11.6 Å². The van der Waals surface area contributed by atoms with Gasteiger partial charge in [-0.25, -0.2) is 4.79 Å². The lowest BCUT2D eigenvalue weighted by Crippen LogP contribution is -2.66. The highest BCUT2D eigenvalue weighted by Gasteiger charge is 2.86. The van der Waals surface area contributed by atoms with Crippen molar-refractivity contribution in [2.24, 2.45) is 50.7 Å². The molecule has 0 aromatic carbocycles. The SMILES string of the molecule is CO[C@@H]1O[C@@H](C(O)C(C)(CO)OC)C[C@H]1[C@@H]1CC[C@]23C[C@]12CC[C@@H]1[C@@]2(C)CC[C@@H](OC(=O)C=C(C)C)C(C)(C)[C@@H]2C[C@@H](O)[C@]13C. The summed E-state index contributed by atoms with van der Waals surface area (Å²) in [6, 6.07) is 0. The first-order chi connectivity index (χ1) is 21.0. The van der Waals surface area contributed by atoms with Crippen LogP contribution in [0.15, 0.2) is 11.6 Å². The van der Waals surface area contributed by atoms with Crippen LogP contribution < -0.4 is 0 Å². The van der Waals surface area contributed by atoms with Gasteiger partial charge >= 0.3 is 5.97 Å². The van der Waals surface area contributed by atoms with E-state index in [2.05, 4.69) is 27.7 Å². The predicted octanol–water partition coefficient (Wildman–Crippen LogP) is 5.41. The molecule has 1 heterocycles. The number of methoxy groups -OCH3 is 2. The van der Waals surface area contributed by atoms with Crippen LogP contribution in [0, 0.1) is 50.7 Å². The van der Waals surface area contributed by atoms with Crippen LogP contribution in [0.5, 0.6) is 0 Å². The number of hydrogen-bond acceptors (Lipinski definition) is 8. The van der Waals surface area contributed by atoms with E-state index in [9.17, 15) is 20.1 Å². The summed E-state index contributed by atoms with van der Waals surface area (Å²) in [6.07, 6.45) is 8.05. The van der Waals surface area contributed by atoms with Gasteiger partial charge < -0.3 is 34.3 Å². The first-order valence-corrected chi connectivity index (χ1v) is 17.6. The average molecular weight is 633 g/mol. The molecule has 0 aromatic rings. The van der Waals surface area contributed by atoms with Crippen molar-refractivity contribution < 1.29 is 39.1 Å². The maximum absolute atomic E-state index is 12.7. The topological polar surface area (TPSA) is 115 Å². The second-order valence-corrected chi connectivity index (χ2v) is 17.5. The highest BCUT2D eigenvalue weighted by atomic mass is 16.7. The van der Waals surface area contributed by atoms with Crippen LogP contribution in [0.4, 0.5) is 0 Å². The zero-order chi connectivity index (χ0) is 33.0. The van der Waals surface area contributed by atoms with E-state index >= 15 is 0 Å². The molecular formula is C37H60O8. The lowest BCUT2D eigenvalue weighted by Gasteiger charge is -2.68. The molecule has 0 aromatic heterocycles. The number of allylic oxidation sites excluding steroid dienone is 1. The number of aliphatic hydroxyl groups excluding tert-OH is 3. The third kappa shape index (κ3) is 4.47. The van der Waals surface area contributed by atoms with E-state index < -0.39 is 30.2 Å². The Kier molecular flexibility index (Phi) is 8.27. The Hall–Kier alpha value is -1.03. The van der Waals surface area contributed by atoms with Crippen molar-refractivity contribution in [3.8, 4) is 0 Å². The summed E-state index contributed by atoms with van der Waals surface area (Å²) in [5, 5.41) is 33.6. The van der Waals surface area contributed by atoms with Crippen molar-refractivity contribution >= 4 is 5.97 Å². The van der Waals surface area contributed by atoms with Gasteiger partial charge in [0, 0.05) is 37.0 Å². The minimum Gasteiger partial charge on any atom is -0.459 e. The number of rotatable bonds is 8. The minimum absolute atomic E-state index is 0.0636. The normalized spacial score (nSPS) is 49.9. The minimum atomic E-state index is -1.10. The van der Waals surface area contributed by atoms with E-state index in [4.69, 9.17) is 18.9 Å². The zero-order valence-corrected chi connectivity index (χ0v) is 29.2. The molecule has 0 spiro atoms. The Morgan fingerprint density at radius 1 is 1.04 bits per heavy atom. The quantitative estimate of drug-likeness (QED) is 0.241. The summed E-state index contributed by atoms with van der Waals surface area (Å²) in [7, 11) is 3.21. The highest BCUT2D eigenvalue weighted by Crippen LogP contribution is 2.91. The second kappa shape index (κ2) is 11.0. The molecule has 6 rings (SSSR count). The van der Waals surface area contributed by atoms with Crippen LogP contribution in [0.1, 0.15) is 106 Å². The van der Waals surface area contributed by atoms with E-state index in [1.54, 1.807) is 20.1 Å². The fourth-order valence-corrected chi connectivity index (χ4v) is 13.0. The monoisotopic (exact) mass is 632 g/mol. The summed E-state index contributed by atoms with van der Waals surface area (Å²) in [5.74, 6) is 0.965. The van der Waals surface area contributed by atoms with Crippen LogP contribution >= 0.6 is 0 Å². The van der Waals surface area contributed by atoms with Gasteiger partial charge in [0.15, 0.2) is 6.29 Å². The molecule has 5 aliphatic carbocycles. The largest absolute Gasteiger partial charge is 0.459 e. The number of aliphatic hydroxyl groups is 3. The number of ether oxygens (including phenoxy) is 4. The Balaban J connectivity index is 1.25. The Morgan fingerprint density at radius 2 is 1.76 bits per heavy atom.